The van der Waals surface area contributed by atoms with Crippen LogP contribution in [0.25, 0.3) is 32.1 Å². The fourth-order valence-corrected chi connectivity index (χ4v) is 9.01. The minimum Gasteiger partial charge on any atom is -0.489 e. The maximum absolute atomic E-state index is 17.0. The van der Waals surface area contributed by atoms with E-state index in [0.29, 0.717) is 25.4 Å². The van der Waals surface area contributed by atoms with Crippen LogP contribution in [0.4, 0.5) is 24.0 Å². The number of rotatable bonds is 6. The molecule has 0 spiro atoms. The number of ether oxygens (including phenoxy) is 3. The summed E-state index contributed by atoms with van der Waals surface area (Å²) in [6, 6.07) is 4.42. The van der Waals surface area contributed by atoms with Crippen molar-refractivity contribution in [2.75, 3.05) is 50.7 Å². The molecule has 4 atom stereocenters. The highest BCUT2D eigenvalue weighted by Crippen LogP contribution is 2.52. The number of fused-ring (bicyclic) bond motifs is 4. The number of thiophene rings is 1. The number of hydrogen-bond acceptors (Lipinski definition) is 10. The Kier molecular flexibility index (Phi) is 6.73. The van der Waals surface area contributed by atoms with E-state index < -0.39 is 23.3 Å². The van der Waals surface area contributed by atoms with Crippen molar-refractivity contribution in [2.24, 2.45) is 0 Å². The molecule has 0 bridgehead atoms. The van der Waals surface area contributed by atoms with Gasteiger partial charge >= 0.3 is 6.01 Å². The predicted molar refractivity (Wildman–Crippen MR) is 165 cm³/mol. The van der Waals surface area contributed by atoms with Crippen LogP contribution in [-0.2, 0) is 4.74 Å². The first-order chi connectivity index (χ1) is 21.7. The summed E-state index contributed by atoms with van der Waals surface area (Å²) in [7, 11) is 1.62. The Bertz CT molecular complexity index is 1940. The number of anilines is 2. The summed E-state index contributed by atoms with van der Waals surface area (Å²) < 4.78 is 64.5. The van der Waals surface area contributed by atoms with Gasteiger partial charge in [-0.2, -0.15) is 15.2 Å². The largest absolute Gasteiger partial charge is 0.489 e. The molecule has 45 heavy (non-hydrogen) atoms. The fourth-order valence-electron chi connectivity index (χ4n) is 7.73. The smallest absolute Gasteiger partial charge is 0.319 e. The normalized spacial score (nSPS) is 25.5. The van der Waals surface area contributed by atoms with E-state index >= 15 is 4.39 Å². The Morgan fingerprint density at radius 2 is 2.13 bits per heavy atom. The molecule has 2 unspecified atom stereocenters. The van der Waals surface area contributed by atoms with Crippen LogP contribution in [0.2, 0.25) is 5.02 Å². The number of halogens is 4. The summed E-state index contributed by atoms with van der Waals surface area (Å²) >= 11 is 7.89. The number of nitriles is 1. The van der Waals surface area contributed by atoms with Gasteiger partial charge in [-0.25, -0.2) is 13.2 Å². The lowest BCUT2D eigenvalue weighted by molar-refractivity contribution is 0.107. The highest BCUT2D eigenvalue weighted by Gasteiger charge is 2.50. The van der Waals surface area contributed by atoms with Gasteiger partial charge in [-0.15, -0.1) is 11.3 Å². The van der Waals surface area contributed by atoms with Crippen molar-refractivity contribution in [3.05, 3.63) is 34.4 Å². The molecule has 2 aromatic carbocycles. The van der Waals surface area contributed by atoms with E-state index in [9.17, 15) is 14.0 Å². The number of hydrogen-bond donors (Lipinski definition) is 1. The third-order valence-electron chi connectivity index (χ3n) is 9.73. The minimum atomic E-state index is -0.938. The molecule has 8 rings (SSSR count). The summed E-state index contributed by atoms with van der Waals surface area (Å²) in [5.74, 6) is -0.795. The van der Waals surface area contributed by atoms with E-state index in [1.54, 1.807) is 7.11 Å². The number of nitrogen functional groups attached to an aromatic ring is 1. The molecule has 6 heterocycles. The Labute approximate surface area is 265 Å². The molecule has 9 nitrogen and oxygen atoms in total. The molecule has 2 aromatic heterocycles. The highest BCUT2D eigenvalue weighted by atomic mass is 35.5. The molecule has 4 aromatic rings. The molecule has 0 saturated carbocycles. The second-order valence-corrected chi connectivity index (χ2v) is 13.6. The van der Waals surface area contributed by atoms with Crippen LogP contribution in [0.5, 0.6) is 11.8 Å². The van der Waals surface area contributed by atoms with Crippen molar-refractivity contribution in [1.82, 2.24) is 14.9 Å². The molecule has 234 valence electrons. The highest BCUT2D eigenvalue weighted by molar-refractivity contribution is 7.23. The first kappa shape index (κ1) is 28.9. The number of nitrogens with two attached hydrogens (primary N) is 1. The zero-order chi connectivity index (χ0) is 31.2. The summed E-state index contributed by atoms with van der Waals surface area (Å²) in [5.41, 5.74) is 5.65. The third-order valence-corrected chi connectivity index (χ3v) is 11.1. The number of benzene rings is 2. The van der Waals surface area contributed by atoms with Crippen molar-refractivity contribution in [2.45, 2.75) is 49.5 Å². The Balaban J connectivity index is 1.34. The molecular weight excluding hydrogens is 629 g/mol. The van der Waals surface area contributed by atoms with E-state index in [-0.39, 0.29) is 84.8 Å². The molecule has 3 saturated heterocycles. The number of alkyl halides is 1. The lowest BCUT2D eigenvalue weighted by atomic mass is 9.93. The van der Waals surface area contributed by atoms with Crippen LogP contribution < -0.4 is 20.1 Å². The Hall–Kier alpha value is -3.57. The monoisotopic (exact) mass is 656 g/mol. The van der Waals surface area contributed by atoms with Crippen LogP contribution >= 0.6 is 22.9 Å². The van der Waals surface area contributed by atoms with Gasteiger partial charge < -0.3 is 24.8 Å². The summed E-state index contributed by atoms with van der Waals surface area (Å²) in [5, 5.41) is 10.4. The quantitative estimate of drug-likeness (QED) is 0.274. The first-order valence-corrected chi connectivity index (χ1v) is 16.0. The molecule has 0 aliphatic carbocycles. The maximum atomic E-state index is 17.0. The Morgan fingerprint density at radius 1 is 1.29 bits per heavy atom. The average Bonchev–Trinajstić information content (AvgIpc) is 3.62. The molecular formula is C31H28ClF3N6O3S. The molecule has 14 heteroatoms. The van der Waals surface area contributed by atoms with Gasteiger partial charge in [0.05, 0.1) is 44.9 Å². The maximum Gasteiger partial charge on any atom is 0.319 e. The summed E-state index contributed by atoms with van der Waals surface area (Å²) in [6.45, 7) is 1.98. The van der Waals surface area contributed by atoms with Gasteiger partial charge in [0.25, 0.3) is 0 Å². The molecule has 2 N–H and O–H groups in total. The van der Waals surface area contributed by atoms with Crippen LogP contribution in [0.15, 0.2) is 12.1 Å². The van der Waals surface area contributed by atoms with Crippen LogP contribution in [0, 0.1) is 23.0 Å². The van der Waals surface area contributed by atoms with Gasteiger partial charge in [-0.1, -0.05) is 17.7 Å². The fraction of sp³-hybridized carbons (Fsp3) is 0.452. The topological polar surface area (TPSA) is 110 Å². The van der Waals surface area contributed by atoms with Crippen LogP contribution in [-0.4, -0.2) is 78.7 Å². The third kappa shape index (κ3) is 4.19. The second-order valence-electron chi connectivity index (χ2n) is 12.2. The predicted octanol–water partition coefficient (Wildman–Crippen LogP) is 5.84. The Morgan fingerprint density at radius 3 is 2.93 bits per heavy atom. The van der Waals surface area contributed by atoms with E-state index in [1.165, 1.54) is 12.1 Å². The summed E-state index contributed by atoms with van der Waals surface area (Å²) in [6.07, 6.45) is 1.90. The van der Waals surface area contributed by atoms with Gasteiger partial charge in [-0.3, -0.25) is 4.90 Å². The first-order valence-electron chi connectivity index (χ1n) is 14.8. The van der Waals surface area contributed by atoms with Gasteiger partial charge in [0, 0.05) is 31.0 Å². The zero-order valence-corrected chi connectivity index (χ0v) is 25.8. The van der Waals surface area contributed by atoms with Crippen molar-refractivity contribution < 1.29 is 27.4 Å². The molecule has 0 radical (unpaired) electrons. The standard InChI is InChI=1S/C31H28ClF3N6O3S/c1-42-11-15-7-16-12-43-26-22-25(24(35)21(23(26)32)17-3-4-19(34)27-20(17)18(9-36)28(37)45-27)38-30(39-29(22)41(15)16)44-13-31-5-2-6-40(31)10-14(33)8-31/h3-4,14-16H,2,5-8,10-13,37H2,1H3/t14-,15?,16?,31+/m1/s1. The molecule has 4 aliphatic rings. The SMILES string of the molecule is COCC1CC2COc3c(Cl)c(-c4ccc(F)c5sc(N)c(C#N)c45)c(F)c4nc(OC[C@@]56CCCN5C[C@H](F)C6)nc(c34)N12. The zero-order valence-electron chi connectivity index (χ0n) is 24.2. The van der Waals surface area contributed by atoms with E-state index in [2.05, 4.69) is 9.88 Å². The van der Waals surface area contributed by atoms with Crippen molar-refractivity contribution in [1.29, 1.82) is 5.26 Å². The number of aromatic nitrogens is 2. The summed E-state index contributed by atoms with van der Waals surface area (Å²) in [4.78, 5) is 13.5. The van der Waals surface area contributed by atoms with Gasteiger partial charge in [0.1, 0.15) is 47.6 Å². The van der Waals surface area contributed by atoms with E-state index in [1.807, 2.05) is 11.0 Å². The second kappa shape index (κ2) is 10.5. The number of methoxy groups -OCH3 is 1. The minimum absolute atomic E-state index is 0.0360. The van der Waals surface area contributed by atoms with Gasteiger partial charge in [0.2, 0.25) is 0 Å². The lowest BCUT2D eigenvalue weighted by Crippen LogP contribution is -2.60. The lowest BCUT2D eigenvalue weighted by Gasteiger charge is -2.48. The molecule has 4 aliphatic heterocycles. The van der Waals surface area contributed by atoms with Crippen LogP contribution in [0.3, 0.4) is 0 Å². The van der Waals surface area contributed by atoms with E-state index in [0.717, 1.165) is 37.1 Å². The van der Waals surface area contributed by atoms with E-state index in [4.69, 9.17) is 36.5 Å². The van der Waals surface area contributed by atoms with Crippen LogP contribution in [0.1, 0.15) is 31.2 Å². The van der Waals surface area contributed by atoms with Crippen molar-refractivity contribution >= 4 is 54.7 Å². The number of nitrogens with zero attached hydrogens (tertiary/aromatic N) is 5. The van der Waals surface area contributed by atoms with Gasteiger partial charge in [-0.05, 0) is 37.4 Å². The van der Waals surface area contributed by atoms with Crippen molar-refractivity contribution in [3.63, 3.8) is 0 Å². The molecule has 0 amide bonds. The average molecular weight is 657 g/mol. The van der Waals surface area contributed by atoms with Gasteiger partial charge in [0.15, 0.2) is 11.6 Å². The molecule has 3 fully saturated rings. The van der Waals surface area contributed by atoms with Crippen molar-refractivity contribution in [3.8, 4) is 29.0 Å².